The second-order valence-corrected chi connectivity index (χ2v) is 8.58. The second-order valence-electron chi connectivity index (χ2n) is 7.28. The van der Waals surface area contributed by atoms with E-state index in [4.69, 9.17) is 21.7 Å². The highest BCUT2D eigenvalue weighted by molar-refractivity contribution is 9.10. The molecular formula is C23H25BrN4O4S. The number of nitrogens with zero attached hydrogens (tertiary/aromatic N) is 1. The van der Waals surface area contributed by atoms with E-state index in [-0.39, 0.29) is 12.6 Å². The fourth-order valence-corrected chi connectivity index (χ4v) is 3.79. The summed E-state index contributed by atoms with van der Waals surface area (Å²) in [5.41, 5.74) is 3.12. The fourth-order valence-electron chi connectivity index (χ4n) is 3.27. The van der Waals surface area contributed by atoms with E-state index in [9.17, 15) is 9.59 Å². The number of urea groups is 1. The summed E-state index contributed by atoms with van der Waals surface area (Å²) < 4.78 is 11.3. The van der Waals surface area contributed by atoms with Crippen LogP contribution in [-0.4, -0.2) is 49.4 Å². The number of hydrogen-bond donors (Lipinski definition) is 3. The molecule has 0 saturated heterocycles. The van der Waals surface area contributed by atoms with Crippen LogP contribution in [0.25, 0.3) is 0 Å². The fraction of sp³-hybridized carbons (Fsp3) is 0.261. The summed E-state index contributed by atoms with van der Waals surface area (Å²) in [5.74, 6) is -0.456. The average molecular weight is 533 g/mol. The van der Waals surface area contributed by atoms with E-state index in [1.165, 1.54) is 0 Å². The smallest absolute Gasteiger partial charge is 0.338 e. The van der Waals surface area contributed by atoms with Crippen molar-refractivity contribution in [1.82, 2.24) is 10.2 Å². The average Bonchev–Trinajstić information content (AvgIpc) is 2.79. The third-order valence-electron chi connectivity index (χ3n) is 5.07. The molecule has 3 N–H and O–H groups in total. The number of nitrogens with one attached hydrogen (secondary N) is 3. The summed E-state index contributed by atoms with van der Waals surface area (Å²) in [6, 6.07) is 13.6. The molecule has 33 heavy (non-hydrogen) atoms. The third kappa shape index (κ3) is 6.31. The van der Waals surface area contributed by atoms with Crippen LogP contribution in [-0.2, 0) is 14.3 Å². The van der Waals surface area contributed by atoms with Gasteiger partial charge in [0.1, 0.15) is 6.61 Å². The summed E-state index contributed by atoms with van der Waals surface area (Å²) in [4.78, 5) is 27.1. The molecule has 10 heteroatoms. The molecular weight excluding hydrogens is 508 g/mol. The maximum absolute atomic E-state index is 12.9. The molecule has 0 aromatic heterocycles. The lowest BCUT2D eigenvalue weighted by Crippen LogP contribution is -2.46. The van der Waals surface area contributed by atoms with Gasteiger partial charge in [0.2, 0.25) is 0 Å². The van der Waals surface area contributed by atoms with Gasteiger partial charge in [-0.05, 0) is 61.1 Å². The highest BCUT2D eigenvalue weighted by atomic mass is 79.9. The quantitative estimate of drug-likeness (QED) is 0.276. The Morgan fingerprint density at radius 3 is 2.52 bits per heavy atom. The number of esters is 1. The molecule has 2 aromatic rings. The third-order valence-corrected chi connectivity index (χ3v) is 5.99. The first-order valence-corrected chi connectivity index (χ1v) is 11.3. The van der Waals surface area contributed by atoms with Crippen LogP contribution in [0.3, 0.4) is 0 Å². The van der Waals surface area contributed by atoms with Crippen molar-refractivity contribution in [2.45, 2.75) is 13.0 Å². The van der Waals surface area contributed by atoms with E-state index in [1.807, 2.05) is 25.1 Å². The predicted octanol–water partition coefficient (Wildman–Crippen LogP) is 4.42. The van der Waals surface area contributed by atoms with E-state index >= 15 is 0 Å². The van der Waals surface area contributed by atoms with Crippen LogP contribution in [0.4, 0.5) is 16.2 Å². The lowest BCUT2D eigenvalue weighted by molar-refractivity contribution is -0.140. The first-order valence-electron chi connectivity index (χ1n) is 10.1. The number of halogens is 1. The summed E-state index contributed by atoms with van der Waals surface area (Å²) in [6.45, 7) is 2.27. The number of methoxy groups -OCH3 is 1. The van der Waals surface area contributed by atoms with Gasteiger partial charge in [-0.3, -0.25) is 0 Å². The number of rotatable bonds is 7. The number of benzene rings is 2. The Hall–Kier alpha value is -2.95. The topological polar surface area (TPSA) is 91.9 Å². The number of carbonyl (C=O) groups is 2. The zero-order chi connectivity index (χ0) is 24.0. The molecule has 0 saturated carbocycles. The molecule has 0 radical (unpaired) electrons. The van der Waals surface area contributed by atoms with Crippen LogP contribution < -0.4 is 16.0 Å². The number of anilines is 2. The highest BCUT2D eigenvalue weighted by Gasteiger charge is 2.33. The molecule has 2 aromatic carbocycles. The SMILES string of the molecule is COCCOC(=O)C1=C(C)N(C)C(=S)NC1c1cccc(NC(=O)Nc2ccc(Br)cc2)c1. The van der Waals surface area contributed by atoms with Gasteiger partial charge in [-0.25, -0.2) is 9.59 Å². The number of thiocarbonyl (C=S) groups is 1. The van der Waals surface area contributed by atoms with Crippen molar-refractivity contribution < 1.29 is 19.1 Å². The Bertz CT molecular complexity index is 1070. The largest absolute Gasteiger partial charge is 0.460 e. The van der Waals surface area contributed by atoms with E-state index in [1.54, 1.807) is 49.4 Å². The molecule has 1 aliphatic heterocycles. The van der Waals surface area contributed by atoms with Crippen molar-refractivity contribution in [2.75, 3.05) is 38.0 Å². The zero-order valence-corrected chi connectivity index (χ0v) is 20.9. The molecule has 2 amide bonds. The number of carbonyl (C=O) groups excluding carboxylic acids is 2. The van der Waals surface area contributed by atoms with Crippen LogP contribution in [0, 0.1) is 0 Å². The molecule has 0 bridgehead atoms. The number of ether oxygens (including phenoxy) is 2. The molecule has 174 valence electrons. The molecule has 1 heterocycles. The van der Waals surface area contributed by atoms with Gasteiger partial charge >= 0.3 is 12.0 Å². The highest BCUT2D eigenvalue weighted by Crippen LogP contribution is 2.32. The first kappa shape index (κ1) is 24.7. The lowest BCUT2D eigenvalue weighted by Gasteiger charge is -2.35. The van der Waals surface area contributed by atoms with Gasteiger partial charge in [-0.2, -0.15) is 0 Å². The molecule has 1 aliphatic rings. The van der Waals surface area contributed by atoms with Crippen molar-refractivity contribution in [3.8, 4) is 0 Å². The standard InChI is InChI=1S/C23H25BrN4O4S/c1-14-19(21(29)32-12-11-31-3)20(27-23(33)28(14)2)15-5-4-6-18(13-15)26-22(30)25-17-9-7-16(24)8-10-17/h4-10,13,20H,11-12H2,1-3H3,(H,27,33)(H2,25,26,30). The molecule has 0 fully saturated rings. The van der Waals surface area contributed by atoms with Crippen LogP contribution in [0.1, 0.15) is 18.5 Å². The van der Waals surface area contributed by atoms with Gasteiger partial charge < -0.3 is 30.3 Å². The predicted molar refractivity (Wildman–Crippen MR) is 135 cm³/mol. The van der Waals surface area contributed by atoms with Crippen LogP contribution in [0.15, 0.2) is 64.3 Å². The van der Waals surface area contributed by atoms with Crippen molar-refractivity contribution in [3.63, 3.8) is 0 Å². The van der Waals surface area contributed by atoms with Gasteiger partial charge in [0.25, 0.3) is 0 Å². The van der Waals surface area contributed by atoms with Gasteiger partial charge in [-0.1, -0.05) is 28.1 Å². The lowest BCUT2D eigenvalue weighted by atomic mass is 9.95. The van der Waals surface area contributed by atoms with E-state index in [2.05, 4.69) is 31.9 Å². The van der Waals surface area contributed by atoms with Crippen LogP contribution in [0.5, 0.6) is 0 Å². The monoisotopic (exact) mass is 532 g/mol. The van der Waals surface area contributed by atoms with Gasteiger partial charge in [0.05, 0.1) is 18.2 Å². The van der Waals surface area contributed by atoms with Gasteiger partial charge in [0, 0.05) is 35.7 Å². The minimum Gasteiger partial charge on any atom is -0.460 e. The number of allylic oxidation sites excluding steroid dienone is 1. The Morgan fingerprint density at radius 1 is 1.12 bits per heavy atom. The minimum atomic E-state index is -0.528. The van der Waals surface area contributed by atoms with Gasteiger partial charge in [-0.15, -0.1) is 0 Å². The van der Waals surface area contributed by atoms with Crippen LogP contribution >= 0.6 is 28.1 Å². The molecule has 8 nitrogen and oxygen atoms in total. The van der Waals surface area contributed by atoms with E-state index in [0.717, 1.165) is 10.0 Å². The van der Waals surface area contributed by atoms with Crippen molar-refractivity contribution >= 4 is 56.6 Å². The van der Waals surface area contributed by atoms with Crippen molar-refractivity contribution in [1.29, 1.82) is 0 Å². The molecule has 1 unspecified atom stereocenters. The maximum atomic E-state index is 12.9. The minimum absolute atomic E-state index is 0.144. The summed E-state index contributed by atoms with van der Waals surface area (Å²) >= 11 is 8.80. The Kier molecular flexibility index (Phi) is 8.43. The van der Waals surface area contributed by atoms with E-state index < -0.39 is 12.0 Å². The zero-order valence-electron chi connectivity index (χ0n) is 18.5. The molecule has 0 aliphatic carbocycles. The Morgan fingerprint density at radius 2 is 1.82 bits per heavy atom. The van der Waals surface area contributed by atoms with Crippen molar-refractivity contribution in [3.05, 3.63) is 69.8 Å². The Labute approximate surface area is 206 Å². The molecule has 0 spiro atoms. The van der Waals surface area contributed by atoms with Crippen molar-refractivity contribution in [2.24, 2.45) is 0 Å². The summed E-state index contributed by atoms with van der Waals surface area (Å²) in [6.07, 6.45) is 0. The van der Waals surface area contributed by atoms with Gasteiger partial charge in [0.15, 0.2) is 5.11 Å². The van der Waals surface area contributed by atoms with Crippen LogP contribution in [0.2, 0.25) is 0 Å². The summed E-state index contributed by atoms with van der Waals surface area (Å²) in [5, 5.41) is 9.28. The van der Waals surface area contributed by atoms with E-state index in [0.29, 0.717) is 34.4 Å². The molecule has 1 atom stereocenters. The second kappa shape index (κ2) is 11.3. The molecule has 3 rings (SSSR count). The first-order chi connectivity index (χ1) is 15.8. The Balaban J connectivity index is 1.81. The summed E-state index contributed by atoms with van der Waals surface area (Å²) in [7, 11) is 3.33. The normalized spacial score (nSPS) is 15.7. The number of hydrogen-bond acceptors (Lipinski definition) is 5. The maximum Gasteiger partial charge on any atom is 0.338 e. The number of amides is 2.